The van der Waals surface area contributed by atoms with Gasteiger partial charge in [0.1, 0.15) is 5.41 Å². The van der Waals surface area contributed by atoms with Gasteiger partial charge in [-0.25, -0.2) is 0 Å². The van der Waals surface area contributed by atoms with Gasteiger partial charge in [0, 0.05) is 16.5 Å². The predicted octanol–water partition coefficient (Wildman–Crippen LogP) is 4.78. The summed E-state index contributed by atoms with van der Waals surface area (Å²) >= 11 is 1.52. The number of hydrogen-bond donors (Lipinski definition) is 1. The number of thiophene rings is 1. The van der Waals surface area contributed by atoms with Gasteiger partial charge in [0.05, 0.1) is 12.3 Å². The molecule has 120 valence electrons. The zero-order valence-electron chi connectivity index (χ0n) is 12.3. The van der Waals surface area contributed by atoms with Gasteiger partial charge in [-0.3, -0.25) is 4.98 Å². The molecule has 0 saturated heterocycles. The monoisotopic (exact) mass is 337 g/mol. The molecule has 1 unspecified atom stereocenters. The van der Waals surface area contributed by atoms with Crippen LogP contribution < -0.4 is 0 Å². The van der Waals surface area contributed by atoms with Crippen LogP contribution in [0.3, 0.4) is 0 Å². The van der Waals surface area contributed by atoms with Crippen LogP contribution in [0.15, 0.2) is 48.0 Å². The van der Waals surface area contributed by atoms with Crippen molar-refractivity contribution in [1.82, 2.24) is 4.98 Å². The maximum absolute atomic E-state index is 13.3. The Morgan fingerprint density at radius 3 is 2.65 bits per heavy atom. The summed E-state index contributed by atoms with van der Waals surface area (Å²) in [5, 5.41) is 12.3. The first-order chi connectivity index (χ1) is 10.9. The second-order valence-electron chi connectivity index (χ2n) is 5.56. The smallest absolute Gasteiger partial charge is 0.395 e. The Kier molecular flexibility index (Phi) is 3.90. The number of fused-ring (bicyclic) bond motifs is 1. The molecule has 2 nitrogen and oxygen atoms in total. The van der Waals surface area contributed by atoms with Crippen LogP contribution in [0.25, 0.3) is 21.3 Å². The molecule has 3 aromatic rings. The number of rotatable bonds is 3. The third-order valence-corrected chi connectivity index (χ3v) is 5.06. The van der Waals surface area contributed by atoms with Crippen molar-refractivity contribution in [1.29, 1.82) is 0 Å². The molecule has 0 amide bonds. The normalized spacial score (nSPS) is 14.8. The Morgan fingerprint density at radius 1 is 1.17 bits per heavy atom. The fraction of sp³-hybridized carbons (Fsp3) is 0.235. The lowest BCUT2D eigenvalue weighted by Gasteiger charge is -2.30. The van der Waals surface area contributed by atoms with E-state index in [0.29, 0.717) is 5.69 Å². The van der Waals surface area contributed by atoms with Crippen LogP contribution in [-0.4, -0.2) is 22.9 Å². The minimum atomic E-state index is -4.55. The second-order valence-corrected chi connectivity index (χ2v) is 6.48. The number of nitrogens with zero attached hydrogens (tertiary/aromatic N) is 1. The maximum atomic E-state index is 13.3. The molecule has 23 heavy (non-hydrogen) atoms. The second kappa shape index (κ2) is 5.62. The van der Waals surface area contributed by atoms with E-state index in [0.717, 1.165) is 22.6 Å². The molecule has 2 heterocycles. The third kappa shape index (κ3) is 2.62. The van der Waals surface area contributed by atoms with Crippen molar-refractivity contribution in [3.8, 4) is 11.3 Å². The highest BCUT2D eigenvalue weighted by Gasteiger charge is 2.52. The highest BCUT2D eigenvalue weighted by Crippen LogP contribution is 2.41. The molecule has 1 aromatic carbocycles. The molecule has 0 radical (unpaired) electrons. The van der Waals surface area contributed by atoms with Crippen molar-refractivity contribution in [3.63, 3.8) is 0 Å². The van der Waals surface area contributed by atoms with Crippen molar-refractivity contribution in [3.05, 3.63) is 53.5 Å². The summed E-state index contributed by atoms with van der Waals surface area (Å²) in [6.07, 6.45) is -3.19. The molecular formula is C17H14F3NOS. The molecule has 1 N–H and O–H groups in total. The molecule has 0 saturated carbocycles. The Balaban J connectivity index is 2.16. The Morgan fingerprint density at radius 2 is 1.96 bits per heavy atom. The molecule has 0 aliphatic heterocycles. The van der Waals surface area contributed by atoms with Crippen molar-refractivity contribution in [2.24, 2.45) is 0 Å². The van der Waals surface area contributed by atoms with Crippen molar-refractivity contribution in [2.45, 2.75) is 18.5 Å². The predicted molar refractivity (Wildman–Crippen MR) is 85.5 cm³/mol. The standard InChI is InChI=1S/C17H14F3NOS/c1-16(10-22,17(18,19)20)12-5-7-21-14(9-12)13-4-2-3-11-6-8-23-15(11)13/h2-9,22H,10H2,1H3. The number of aromatic nitrogens is 1. The molecule has 0 fully saturated rings. The summed E-state index contributed by atoms with van der Waals surface area (Å²) in [6, 6.07) is 10.3. The summed E-state index contributed by atoms with van der Waals surface area (Å²) in [5.74, 6) is 0. The Hall–Kier alpha value is -1.92. The van der Waals surface area contributed by atoms with Gasteiger partial charge in [-0.05, 0) is 41.5 Å². The Labute approximate surface area is 135 Å². The molecule has 2 aromatic heterocycles. The number of aliphatic hydroxyl groups is 1. The van der Waals surface area contributed by atoms with E-state index in [1.165, 1.54) is 29.7 Å². The lowest BCUT2D eigenvalue weighted by molar-refractivity contribution is -0.195. The average molecular weight is 337 g/mol. The van der Waals surface area contributed by atoms with E-state index >= 15 is 0 Å². The lowest BCUT2D eigenvalue weighted by Crippen LogP contribution is -2.42. The SMILES string of the molecule is CC(CO)(c1ccnc(-c2cccc3ccsc23)c1)C(F)(F)F. The van der Waals surface area contributed by atoms with E-state index in [9.17, 15) is 18.3 Å². The fourth-order valence-corrected chi connectivity index (χ4v) is 3.38. The minimum Gasteiger partial charge on any atom is -0.395 e. The molecule has 0 bridgehead atoms. The van der Waals surface area contributed by atoms with Crippen LogP contribution in [0, 0.1) is 0 Å². The van der Waals surface area contributed by atoms with E-state index in [-0.39, 0.29) is 5.56 Å². The highest BCUT2D eigenvalue weighted by atomic mass is 32.1. The zero-order chi connectivity index (χ0) is 16.7. The van der Waals surface area contributed by atoms with Crippen LogP contribution >= 0.6 is 11.3 Å². The summed E-state index contributed by atoms with van der Waals surface area (Å²) in [4.78, 5) is 4.23. The van der Waals surface area contributed by atoms with E-state index in [1.54, 1.807) is 0 Å². The van der Waals surface area contributed by atoms with Crippen LogP contribution in [0.2, 0.25) is 0 Å². The van der Waals surface area contributed by atoms with Crippen LogP contribution in [0.4, 0.5) is 13.2 Å². The van der Waals surface area contributed by atoms with Crippen LogP contribution in [0.5, 0.6) is 0 Å². The van der Waals surface area contributed by atoms with Gasteiger partial charge in [-0.2, -0.15) is 13.2 Å². The molecule has 0 spiro atoms. The quantitative estimate of drug-likeness (QED) is 0.746. The zero-order valence-corrected chi connectivity index (χ0v) is 13.1. The number of halogens is 3. The van der Waals surface area contributed by atoms with Gasteiger partial charge in [0.15, 0.2) is 0 Å². The Bertz CT molecular complexity index is 843. The van der Waals surface area contributed by atoms with Gasteiger partial charge < -0.3 is 5.11 Å². The molecule has 0 aliphatic carbocycles. The van der Waals surface area contributed by atoms with Crippen LogP contribution in [-0.2, 0) is 5.41 Å². The largest absolute Gasteiger partial charge is 0.400 e. The summed E-state index contributed by atoms with van der Waals surface area (Å²) in [5.41, 5.74) is -1.04. The fourth-order valence-electron chi connectivity index (χ4n) is 2.46. The average Bonchev–Trinajstić information content (AvgIpc) is 3.01. The summed E-state index contributed by atoms with van der Waals surface area (Å²) in [6.45, 7) is -0.0129. The van der Waals surface area contributed by atoms with Gasteiger partial charge in [0.2, 0.25) is 0 Å². The summed E-state index contributed by atoms with van der Waals surface area (Å²) < 4.78 is 41.0. The first-order valence-corrected chi connectivity index (χ1v) is 7.85. The lowest BCUT2D eigenvalue weighted by atomic mass is 9.82. The van der Waals surface area contributed by atoms with Gasteiger partial charge in [-0.1, -0.05) is 18.2 Å². The van der Waals surface area contributed by atoms with Gasteiger partial charge >= 0.3 is 6.18 Å². The number of aliphatic hydroxyl groups excluding tert-OH is 1. The van der Waals surface area contributed by atoms with Crippen molar-refractivity contribution in [2.75, 3.05) is 6.61 Å². The molecule has 0 aliphatic rings. The molecular weight excluding hydrogens is 323 g/mol. The van der Waals surface area contributed by atoms with Crippen LogP contribution in [0.1, 0.15) is 12.5 Å². The van der Waals surface area contributed by atoms with Crippen molar-refractivity contribution < 1.29 is 18.3 Å². The topological polar surface area (TPSA) is 33.1 Å². The molecule has 6 heteroatoms. The number of alkyl halides is 3. The maximum Gasteiger partial charge on any atom is 0.400 e. The van der Waals surface area contributed by atoms with E-state index in [1.807, 2.05) is 29.6 Å². The first-order valence-electron chi connectivity index (χ1n) is 6.97. The van der Waals surface area contributed by atoms with E-state index in [4.69, 9.17) is 0 Å². The summed E-state index contributed by atoms with van der Waals surface area (Å²) in [7, 11) is 0. The third-order valence-electron chi connectivity index (χ3n) is 4.09. The number of hydrogen-bond acceptors (Lipinski definition) is 3. The number of pyridine rings is 1. The number of benzene rings is 1. The van der Waals surface area contributed by atoms with Gasteiger partial charge in [0.25, 0.3) is 0 Å². The molecule has 3 rings (SSSR count). The van der Waals surface area contributed by atoms with Crippen molar-refractivity contribution >= 4 is 21.4 Å². The van der Waals surface area contributed by atoms with E-state index in [2.05, 4.69) is 4.98 Å². The highest BCUT2D eigenvalue weighted by molar-refractivity contribution is 7.17. The van der Waals surface area contributed by atoms with E-state index < -0.39 is 18.2 Å². The van der Waals surface area contributed by atoms with Gasteiger partial charge in [-0.15, -0.1) is 11.3 Å². The minimum absolute atomic E-state index is 0.00561. The molecule has 1 atom stereocenters. The first kappa shape index (κ1) is 16.0.